The molecule has 0 N–H and O–H groups in total. The van der Waals surface area contributed by atoms with Crippen LogP contribution in [0.5, 0.6) is 5.75 Å². The molecule has 1 fully saturated rings. The van der Waals surface area contributed by atoms with E-state index in [2.05, 4.69) is 65.6 Å². The van der Waals surface area contributed by atoms with E-state index in [4.69, 9.17) is 9.72 Å². The first-order valence-electron chi connectivity index (χ1n) is 9.63. The normalized spacial score (nSPS) is 14.1. The van der Waals surface area contributed by atoms with Gasteiger partial charge < -0.3 is 9.64 Å². The summed E-state index contributed by atoms with van der Waals surface area (Å²) in [6.07, 6.45) is 2.50. The number of rotatable bonds is 4. The van der Waals surface area contributed by atoms with Crippen LogP contribution >= 0.6 is 0 Å². The van der Waals surface area contributed by atoms with Crippen molar-refractivity contribution in [1.82, 2.24) is 4.98 Å². The maximum absolute atomic E-state index is 6.25. The van der Waals surface area contributed by atoms with Crippen LogP contribution in [0.2, 0.25) is 0 Å². The van der Waals surface area contributed by atoms with E-state index in [9.17, 15) is 0 Å². The molecule has 0 amide bonds. The molecule has 3 heteroatoms. The number of para-hydroxylation sites is 1. The standard InChI is InChI=1S/C24H22N2O/c1-2-11-21-18(7-1)8-5-10-20(21)17-27-22-12-6-9-19-13-14-23(25-24(19)22)26-15-3-4-16-26/h1-2,5-14H,3-4,15-17H2. The summed E-state index contributed by atoms with van der Waals surface area (Å²) in [6, 6.07) is 25.2. The van der Waals surface area contributed by atoms with Gasteiger partial charge in [0.25, 0.3) is 0 Å². The second-order valence-electron chi connectivity index (χ2n) is 7.12. The number of pyridine rings is 1. The van der Waals surface area contributed by atoms with Gasteiger partial charge in [-0.2, -0.15) is 0 Å². The van der Waals surface area contributed by atoms with E-state index in [-0.39, 0.29) is 0 Å². The van der Waals surface area contributed by atoms with Crippen molar-refractivity contribution in [3.8, 4) is 5.75 Å². The molecular formula is C24H22N2O. The van der Waals surface area contributed by atoms with Crippen molar-refractivity contribution in [3.63, 3.8) is 0 Å². The van der Waals surface area contributed by atoms with E-state index < -0.39 is 0 Å². The lowest BCUT2D eigenvalue weighted by Crippen LogP contribution is -2.18. The Hall–Kier alpha value is -3.07. The lowest BCUT2D eigenvalue weighted by Gasteiger charge is -2.17. The third-order valence-corrected chi connectivity index (χ3v) is 5.36. The third kappa shape index (κ3) is 3.10. The molecule has 0 radical (unpaired) electrons. The Morgan fingerprint density at radius 3 is 2.48 bits per heavy atom. The number of hydrogen-bond acceptors (Lipinski definition) is 3. The SMILES string of the molecule is c1ccc2c(COc3cccc4ccc(N5CCCC5)nc34)cccc2c1. The smallest absolute Gasteiger partial charge is 0.146 e. The number of anilines is 1. The zero-order chi connectivity index (χ0) is 18.1. The van der Waals surface area contributed by atoms with Gasteiger partial charge in [-0.3, -0.25) is 0 Å². The molecule has 5 rings (SSSR count). The minimum absolute atomic E-state index is 0.538. The molecule has 0 atom stereocenters. The van der Waals surface area contributed by atoms with Gasteiger partial charge in [0.2, 0.25) is 0 Å². The van der Waals surface area contributed by atoms with Gasteiger partial charge in [0, 0.05) is 18.5 Å². The van der Waals surface area contributed by atoms with Crippen molar-refractivity contribution in [2.45, 2.75) is 19.4 Å². The predicted octanol–water partition coefficient (Wildman–Crippen LogP) is 5.57. The Kier molecular flexibility index (Phi) is 4.13. The van der Waals surface area contributed by atoms with Crippen molar-refractivity contribution < 1.29 is 4.74 Å². The van der Waals surface area contributed by atoms with E-state index in [1.807, 2.05) is 12.1 Å². The Labute approximate surface area is 159 Å². The summed E-state index contributed by atoms with van der Waals surface area (Å²) in [6.45, 7) is 2.73. The topological polar surface area (TPSA) is 25.4 Å². The molecule has 3 aromatic carbocycles. The fourth-order valence-electron chi connectivity index (χ4n) is 3.92. The molecule has 0 unspecified atom stereocenters. The van der Waals surface area contributed by atoms with Crippen LogP contribution in [0.3, 0.4) is 0 Å². The first kappa shape index (κ1) is 16.1. The monoisotopic (exact) mass is 354 g/mol. The summed E-state index contributed by atoms with van der Waals surface area (Å²) in [5.74, 6) is 1.91. The minimum atomic E-state index is 0.538. The lowest BCUT2D eigenvalue weighted by atomic mass is 10.1. The second-order valence-corrected chi connectivity index (χ2v) is 7.12. The molecule has 134 valence electrons. The molecule has 1 aliphatic heterocycles. The van der Waals surface area contributed by atoms with Gasteiger partial charge in [0.05, 0.1) is 0 Å². The molecule has 1 aromatic heterocycles. The van der Waals surface area contributed by atoms with Crippen molar-refractivity contribution in [2.75, 3.05) is 18.0 Å². The summed E-state index contributed by atoms with van der Waals surface area (Å²) < 4.78 is 6.25. The molecule has 0 spiro atoms. The first-order chi connectivity index (χ1) is 13.4. The molecule has 4 aromatic rings. The maximum atomic E-state index is 6.25. The highest BCUT2D eigenvalue weighted by molar-refractivity contribution is 5.87. The van der Waals surface area contributed by atoms with Crippen LogP contribution < -0.4 is 9.64 Å². The molecule has 0 aliphatic carbocycles. The summed E-state index contributed by atoms with van der Waals surface area (Å²) >= 11 is 0. The molecule has 27 heavy (non-hydrogen) atoms. The van der Waals surface area contributed by atoms with E-state index >= 15 is 0 Å². The number of aromatic nitrogens is 1. The zero-order valence-corrected chi connectivity index (χ0v) is 15.3. The summed E-state index contributed by atoms with van der Waals surface area (Å²) in [7, 11) is 0. The highest BCUT2D eigenvalue weighted by Gasteiger charge is 2.15. The highest BCUT2D eigenvalue weighted by Crippen LogP contribution is 2.29. The number of fused-ring (bicyclic) bond motifs is 2. The molecule has 1 aliphatic rings. The van der Waals surface area contributed by atoms with Gasteiger partial charge in [-0.05, 0) is 47.4 Å². The molecule has 0 bridgehead atoms. The van der Waals surface area contributed by atoms with Crippen molar-refractivity contribution >= 4 is 27.5 Å². The molecule has 2 heterocycles. The van der Waals surface area contributed by atoms with Crippen LogP contribution in [0, 0.1) is 0 Å². The van der Waals surface area contributed by atoms with E-state index in [1.165, 1.54) is 29.2 Å². The maximum Gasteiger partial charge on any atom is 0.146 e. The fraction of sp³-hybridized carbons (Fsp3) is 0.208. The van der Waals surface area contributed by atoms with Gasteiger partial charge in [-0.1, -0.05) is 54.6 Å². The molecule has 1 saturated heterocycles. The highest BCUT2D eigenvalue weighted by atomic mass is 16.5. The van der Waals surface area contributed by atoms with Crippen molar-refractivity contribution in [3.05, 3.63) is 78.4 Å². The Balaban J connectivity index is 1.48. The molecule has 3 nitrogen and oxygen atoms in total. The Morgan fingerprint density at radius 2 is 1.56 bits per heavy atom. The summed E-state index contributed by atoms with van der Waals surface area (Å²) in [4.78, 5) is 7.29. The van der Waals surface area contributed by atoms with Crippen molar-refractivity contribution in [1.29, 1.82) is 0 Å². The van der Waals surface area contributed by atoms with Crippen LogP contribution in [0.25, 0.3) is 21.7 Å². The molecule has 0 saturated carbocycles. The first-order valence-corrected chi connectivity index (χ1v) is 9.63. The van der Waals surface area contributed by atoms with Crippen LogP contribution in [0.15, 0.2) is 72.8 Å². The van der Waals surface area contributed by atoms with Crippen LogP contribution in [-0.2, 0) is 6.61 Å². The predicted molar refractivity (Wildman–Crippen MR) is 111 cm³/mol. The van der Waals surface area contributed by atoms with Gasteiger partial charge in [0.15, 0.2) is 0 Å². The number of ether oxygens (including phenoxy) is 1. The third-order valence-electron chi connectivity index (χ3n) is 5.36. The average molecular weight is 354 g/mol. The Morgan fingerprint density at radius 1 is 0.778 bits per heavy atom. The molecular weight excluding hydrogens is 332 g/mol. The largest absolute Gasteiger partial charge is 0.487 e. The number of hydrogen-bond donors (Lipinski definition) is 0. The average Bonchev–Trinajstić information content (AvgIpc) is 3.27. The lowest BCUT2D eigenvalue weighted by molar-refractivity contribution is 0.311. The van der Waals surface area contributed by atoms with Crippen LogP contribution in [0.4, 0.5) is 5.82 Å². The number of benzene rings is 3. The van der Waals surface area contributed by atoms with Gasteiger partial charge in [-0.25, -0.2) is 4.98 Å². The quantitative estimate of drug-likeness (QED) is 0.479. The van der Waals surface area contributed by atoms with Crippen LogP contribution in [0.1, 0.15) is 18.4 Å². The van der Waals surface area contributed by atoms with Gasteiger partial charge in [-0.15, -0.1) is 0 Å². The van der Waals surface area contributed by atoms with Crippen molar-refractivity contribution in [2.24, 2.45) is 0 Å². The Bertz CT molecular complexity index is 1090. The van der Waals surface area contributed by atoms with E-state index in [0.29, 0.717) is 6.61 Å². The van der Waals surface area contributed by atoms with E-state index in [1.54, 1.807) is 0 Å². The van der Waals surface area contributed by atoms with Gasteiger partial charge in [0.1, 0.15) is 23.7 Å². The minimum Gasteiger partial charge on any atom is -0.487 e. The van der Waals surface area contributed by atoms with Gasteiger partial charge >= 0.3 is 0 Å². The van der Waals surface area contributed by atoms with E-state index in [0.717, 1.165) is 35.6 Å². The van der Waals surface area contributed by atoms with Crippen LogP contribution in [-0.4, -0.2) is 18.1 Å². The number of nitrogens with zero attached hydrogens (tertiary/aromatic N) is 2. The fourth-order valence-corrected chi connectivity index (χ4v) is 3.92. The summed E-state index contributed by atoms with van der Waals surface area (Å²) in [5, 5.41) is 3.60. The summed E-state index contributed by atoms with van der Waals surface area (Å²) in [5.41, 5.74) is 2.14. The zero-order valence-electron chi connectivity index (χ0n) is 15.3. The second kappa shape index (κ2) is 6.92.